The van der Waals surface area contributed by atoms with Gasteiger partial charge in [-0.25, -0.2) is 0 Å². The summed E-state index contributed by atoms with van der Waals surface area (Å²) in [7, 11) is 3.22. The van der Waals surface area contributed by atoms with Crippen molar-refractivity contribution >= 4 is 29.1 Å². The van der Waals surface area contributed by atoms with E-state index in [0.717, 1.165) is 33.5 Å². The molecule has 0 fully saturated rings. The van der Waals surface area contributed by atoms with Crippen molar-refractivity contribution in [2.45, 2.75) is 19.4 Å². The van der Waals surface area contributed by atoms with Gasteiger partial charge in [-0.2, -0.15) is 5.10 Å². The first-order chi connectivity index (χ1) is 17.4. The van der Waals surface area contributed by atoms with E-state index < -0.39 is 0 Å². The third-order valence-electron chi connectivity index (χ3n) is 6.54. The first-order valence-corrected chi connectivity index (χ1v) is 12.3. The number of aromatic nitrogens is 2. The second-order valence-electron chi connectivity index (χ2n) is 8.74. The number of halogens is 2. The highest BCUT2D eigenvalue weighted by molar-refractivity contribution is 6.42. The fourth-order valence-electron chi connectivity index (χ4n) is 4.67. The van der Waals surface area contributed by atoms with Crippen LogP contribution in [0.4, 0.5) is 0 Å². The number of H-pyrrole nitrogens is 1. The van der Waals surface area contributed by atoms with Crippen molar-refractivity contribution in [1.82, 2.24) is 15.1 Å². The topological polar surface area (TPSA) is 67.5 Å². The molecule has 1 amide bonds. The Morgan fingerprint density at radius 3 is 2.39 bits per heavy atom. The number of amides is 1. The van der Waals surface area contributed by atoms with E-state index in [0.29, 0.717) is 40.2 Å². The second kappa shape index (κ2) is 9.88. The molecule has 184 valence electrons. The standard InChI is InChI=1S/C28H25Cl2N3O3/c1-16-4-7-18(8-5-16)25-24-26(32-31-25)28(34)33(27(24)19-9-10-20(29)21(30)15-19)13-12-17-6-11-22(35-2)23(14-17)36-3/h4-11,14-15,27H,12-13H2,1-3H3,(H,31,32). The lowest BCUT2D eigenvalue weighted by molar-refractivity contribution is 0.0746. The molecule has 4 aromatic rings. The minimum Gasteiger partial charge on any atom is -0.493 e. The van der Waals surface area contributed by atoms with Gasteiger partial charge in [-0.05, 0) is 48.7 Å². The van der Waals surface area contributed by atoms with Crippen molar-refractivity contribution in [2.75, 3.05) is 20.8 Å². The van der Waals surface area contributed by atoms with Crippen LogP contribution in [0.1, 0.15) is 38.8 Å². The van der Waals surface area contributed by atoms with Crippen molar-refractivity contribution in [3.05, 3.63) is 98.7 Å². The van der Waals surface area contributed by atoms with E-state index in [1.54, 1.807) is 20.3 Å². The molecular formula is C28H25Cl2N3O3. The number of nitrogens with zero attached hydrogens (tertiary/aromatic N) is 2. The molecule has 0 spiro atoms. The Morgan fingerprint density at radius 2 is 1.69 bits per heavy atom. The van der Waals surface area contributed by atoms with Crippen molar-refractivity contribution in [1.29, 1.82) is 0 Å². The summed E-state index contributed by atoms with van der Waals surface area (Å²) in [6.45, 7) is 2.52. The normalized spacial score (nSPS) is 14.8. The van der Waals surface area contributed by atoms with E-state index in [2.05, 4.69) is 10.2 Å². The number of aromatic amines is 1. The minimum absolute atomic E-state index is 0.104. The quantitative estimate of drug-likeness (QED) is 0.301. The SMILES string of the molecule is COc1ccc(CCN2C(=O)c3[nH]nc(-c4ccc(C)cc4)c3C2c2ccc(Cl)c(Cl)c2)cc1OC. The Balaban J connectivity index is 1.54. The molecule has 3 aromatic carbocycles. The number of nitrogens with one attached hydrogen (secondary N) is 1. The van der Waals surface area contributed by atoms with Crippen LogP contribution in [0, 0.1) is 6.92 Å². The molecule has 5 rings (SSSR count). The van der Waals surface area contributed by atoms with Gasteiger partial charge in [0.1, 0.15) is 5.69 Å². The van der Waals surface area contributed by atoms with Crippen LogP contribution in [0.25, 0.3) is 11.3 Å². The fourth-order valence-corrected chi connectivity index (χ4v) is 4.98. The summed E-state index contributed by atoms with van der Waals surface area (Å²) in [4.78, 5) is 15.5. The molecule has 1 aliphatic rings. The Bertz CT molecular complexity index is 1430. The highest BCUT2D eigenvalue weighted by atomic mass is 35.5. The first-order valence-electron chi connectivity index (χ1n) is 11.5. The van der Waals surface area contributed by atoms with Gasteiger partial charge in [-0.15, -0.1) is 0 Å². The Morgan fingerprint density at radius 1 is 0.944 bits per heavy atom. The van der Waals surface area contributed by atoms with Gasteiger partial charge in [0.05, 0.1) is 36.0 Å². The molecule has 6 nitrogen and oxygen atoms in total. The van der Waals surface area contributed by atoms with Gasteiger partial charge in [-0.3, -0.25) is 9.89 Å². The first kappa shape index (κ1) is 24.2. The Labute approximate surface area is 219 Å². The predicted octanol–water partition coefficient (Wildman–Crippen LogP) is 6.50. The zero-order valence-corrected chi connectivity index (χ0v) is 21.7. The molecule has 2 heterocycles. The number of benzene rings is 3. The number of carbonyl (C=O) groups is 1. The summed E-state index contributed by atoms with van der Waals surface area (Å²) in [5.41, 5.74) is 6.09. The van der Waals surface area contributed by atoms with E-state index in [1.165, 1.54) is 0 Å². The molecule has 1 N–H and O–H groups in total. The zero-order valence-electron chi connectivity index (χ0n) is 20.1. The molecule has 1 aromatic heterocycles. The van der Waals surface area contributed by atoms with E-state index in [9.17, 15) is 4.79 Å². The Hall–Kier alpha value is -3.48. The highest BCUT2D eigenvalue weighted by Gasteiger charge is 2.42. The van der Waals surface area contributed by atoms with Crippen molar-refractivity contribution < 1.29 is 14.3 Å². The molecule has 0 radical (unpaired) electrons. The fraction of sp³-hybridized carbons (Fsp3) is 0.214. The molecule has 36 heavy (non-hydrogen) atoms. The van der Waals surface area contributed by atoms with E-state index in [1.807, 2.05) is 66.4 Å². The van der Waals surface area contributed by atoms with E-state index in [-0.39, 0.29) is 11.9 Å². The lowest BCUT2D eigenvalue weighted by atomic mass is 9.95. The molecule has 1 aliphatic heterocycles. The van der Waals surface area contributed by atoms with Crippen LogP contribution in [0.15, 0.2) is 60.7 Å². The lowest BCUT2D eigenvalue weighted by Crippen LogP contribution is -2.31. The summed E-state index contributed by atoms with van der Waals surface area (Å²) in [6.07, 6.45) is 0.626. The highest BCUT2D eigenvalue weighted by Crippen LogP contribution is 2.44. The van der Waals surface area contributed by atoms with Crippen molar-refractivity contribution in [3.8, 4) is 22.8 Å². The average Bonchev–Trinajstić information content (AvgIpc) is 3.43. The monoisotopic (exact) mass is 521 g/mol. The maximum atomic E-state index is 13.6. The average molecular weight is 522 g/mol. The molecular weight excluding hydrogens is 497 g/mol. The number of ether oxygens (including phenoxy) is 2. The van der Waals surface area contributed by atoms with Gasteiger partial charge in [-0.1, -0.05) is 65.2 Å². The van der Waals surface area contributed by atoms with Crippen LogP contribution < -0.4 is 9.47 Å². The number of hydrogen-bond acceptors (Lipinski definition) is 4. The smallest absolute Gasteiger partial charge is 0.273 e. The van der Waals surface area contributed by atoms with Crippen molar-refractivity contribution in [2.24, 2.45) is 0 Å². The number of aryl methyl sites for hydroxylation is 1. The summed E-state index contributed by atoms with van der Waals surface area (Å²) in [5, 5.41) is 8.44. The van der Waals surface area contributed by atoms with Gasteiger partial charge in [0.15, 0.2) is 11.5 Å². The minimum atomic E-state index is -0.363. The van der Waals surface area contributed by atoms with Gasteiger partial charge < -0.3 is 14.4 Å². The predicted molar refractivity (Wildman–Crippen MR) is 141 cm³/mol. The summed E-state index contributed by atoms with van der Waals surface area (Å²) < 4.78 is 10.8. The van der Waals surface area contributed by atoms with Gasteiger partial charge in [0, 0.05) is 17.7 Å². The van der Waals surface area contributed by atoms with Gasteiger partial charge in [0.2, 0.25) is 0 Å². The number of methoxy groups -OCH3 is 2. The lowest BCUT2D eigenvalue weighted by Gasteiger charge is -2.27. The van der Waals surface area contributed by atoms with Crippen LogP contribution >= 0.6 is 23.2 Å². The summed E-state index contributed by atoms with van der Waals surface area (Å²) in [5.74, 6) is 1.21. The third kappa shape index (κ3) is 4.31. The van der Waals surface area contributed by atoms with Crippen LogP contribution in [0.2, 0.25) is 10.0 Å². The molecule has 0 saturated carbocycles. The summed E-state index contributed by atoms with van der Waals surface area (Å²) in [6, 6.07) is 19.1. The Kier molecular flexibility index (Phi) is 6.65. The number of carbonyl (C=O) groups excluding carboxylic acids is 1. The van der Waals surface area contributed by atoms with Crippen LogP contribution in [-0.2, 0) is 6.42 Å². The van der Waals surface area contributed by atoms with Crippen LogP contribution in [0.3, 0.4) is 0 Å². The molecule has 0 bridgehead atoms. The number of rotatable bonds is 7. The number of fused-ring (bicyclic) bond motifs is 1. The molecule has 1 atom stereocenters. The molecule has 8 heteroatoms. The molecule has 1 unspecified atom stereocenters. The molecule has 0 aliphatic carbocycles. The van der Waals surface area contributed by atoms with Crippen LogP contribution in [-0.4, -0.2) is 41.8 Å². The van der Waals surface area contributed by atoms with Gasteiger partial charge in [0.25, 0.3) is 5.91 Å². The zero-order chi connectivity index (χ0) is 25.4. The largest absolute Gasteiger partial charge is 0.493 e. The van der Waals surface area contributed by atoms with Crippen LogP contribution in [0.5, 0.6) is 11.5 Å². The van der Waals surface area contributed by atoms with Crippen molar-refractivity contribution in [3.63, 3.8) is 0 Å². The van der Waals surface area contributed by atoms with Gasteiger partial charge >= 0.3 is 0 Å². The maximum Gasteiger partial charge on any atom is 0.273 e. The van der Waals surface area contributed by atoms with E-state index >= 15 is 0 Å². The van der Waals surface area contributed by atoms with E-state index in [4.69, 9.17) is 32.7 Å². The third-order valence-corrected chi connectivity index (χ3v) is 7.28. The number of hydrogen-bond donors (Lipinski definition) is 1. The molecule has 0 saturated heterocycles. The maximum absolute atomic E-state index is 13.6. The second-order valence-corrected chi connectivity index (χ2v) is 9.56. The summed E-state index contributed by atoms with van der Waals surface area (Å²) >= 11 is 12.6.